The molecule has 0 aliphatic carbocycles. The van der Waals surface area contributed by atoms with Gasteiger partial charge >= 0.3 is 0 Å². The molecule has 1 aromatic carbocycles. The minimum absolute atomic E-state index is 0.0194. The number of imidazole rings is 1. The maximum absolute atomic E-state index is 14.0. The van der Waals surface area contributed by atoms with Gasteiger partial charge in [-0.05, 0) is 43.7 Å². The van der Waals surface area contributed by atoms with Gasteiger partial charge < -0.3 is 15.0 Å². The molecule has 4 rings (SSSR count). The molecule has 140 valence electrons. The lowest BCUT2D eigenvalue weighted by Gasteiger charge is -2.28. The van der Waals surface area contributed by atoms with Crippen molar-refractivity contribution in [3.8, 4) is 11.3 Å². The van der Waals surface area contributed by atoms with Gasteiger partial charge in [0, 0.05) is 18.0 Å². The summed E-state index contributed by atoms with van der Waals surface area (Å²) in [6, 6.07) is 9.81. The summed E-state index contributed by atoms with van der Waals surface area (Å²) in [6.07, 6.45) is 3.02. The van der Waals surface area contributed by atoms with Crippen LogP contribution in [0.3, 0.4) is 0 Å². The maximum Gasteiger partial charge on any atom is 0.178 e. The van der Waals surface area contributed by atoms with Crippen LogP contribution in [0.15, 0.2) is 42.7 Å². The Balaban J connectivity index is 1.52. The molecule has 2 N–H and O–H groups in total. The predicted molar refractivity (Wildman–Crippen MR) is 99.6 cm³/mol. The molecule has 0 amide bonds. The van der Waals surface area contributed by atoms with Crippen LogP contribution in [-0.2, 0) is 11.3 Å². The van der Waals surface area contributed by atoms with E-state index in [4.69, 9.17) is 0 Å². The number of ketones is 1. The highest BCUT2D eigenvalue weighted by atomic mass is 19.1. The predicted octanol–water partition coefficient (Wildman–Crippen LogP) is 2.31. The zero-order valence-electron chi connectivity index (χ0n) is 14.8. The molecule has 1 aliphatic heterocycles. The molecule has 2 aromatic heterocycles. The van der Waals surface area contributed by atoms with Crippen molar-refractivity contribution in [2.24, 2.45) is 0 Å². The fourth-order valence-corrected chi connectivity index (χ4v) is 3.54. The van der Waals surface area contributed by atoms with Gasteiger partial charge in [0.25, 0.3) is 0 Å². The van der Waals surface area contributed by atoms with Crippen LogP contribution in [0.25, 0.3) is 22.4 Å². The molecule has 1 fully saturated rings. The third-order valence-electron chi connectivity index (χ3n) is 4.98. The minimum atomic E-state index is -0.479. The van der Waals surface area contributed by atoms with Gasteiger partial charge in [-0.1, -0.05) is 12.1 Å². The Kier molecular flexibility index (Phi) is 4.96. The van der Waals surface area contributed by atoms with Crippen molar-refractivity contribution in [3.63, 3.8) is 0 Å². The van der Waals surface area contributed by atoms with Crippen LogP contribution in [-0.4, -0.2) is 44.1 Å². The number of rotatable bonds is 5. The first-order valence-electron chi connectivity index (χ1n) is 9.12. The molecule has 2 atom stereocenters. The van der Waals surface area contributed by atoms with Gasteiger partial charge in [-0.25, -0.2) is 14.4 Å². The molecule has 1 aliphatic rings. The molecule has 1 saturated heterocycles. The van der Waals surface area contributed by atoms with Crippen LogP contribution in [0, 0.1) is 5.82 Å². The van der Waals surface area contributed by atoms with Crippen LogP contribution < -0.4 is 5.32 Å². The number of nitrogens with one attached hydrogen (secondary N) is 1. The first kappa shape index (κ1) is 17.8. The summed E-state index contributed by atoms with van der Waals surface area (Å²) in [7, 11) is 0. The number of pyridine rings is 1. The summed E-state index contributed by atoms with van der Waals surface area (Å²) >= 11 is 0. The van der Waals surface area contributed by atoms with Crippen LogP contribution in [0.5, 0.6) is 0 Å². The Hall–Kier alpha value is -2.64. The third-order valence-corrected chi connectivity index (χ3v) is 4.98. The van der Waals surface area contributed by atoms with Crippen molar-refractivity contribution < 1.29 is 14.3 Å². The average molecular weight is 368 g/mol. The summed E-state index contributed by atoms with van der Waals surface area (Å²) in [5.41, 5.74) is 2.12. The van der Waals surface area contributed by atoms with E-state index in [1.807, 2.05) is 0 Å². The molecule has 7 heteroatoms. The number of halogens is 1. The van der Waals surface area contributed by atoms with E-state index in [1.54, 1.807) is 41.2 Å². The summed E-state index contributed by atoms with van der Waals surface area (Å²) in [6.45, 7) is 0.994. The van der Waals surface area contributed by atoms with Gasteiger partial charge in [0.15, 0.2) is 11.4 Å². The number of benzene rings is 1. The van der Waals surface area contributed by atoms with Gasteiger partial charge in [-0.3, -0.25) is 4.79 Å². The van der Waals surface area contributed by atoms with E-state index < -0.39 is 6.10 Å². The van der Waals surface area contributed by atoms with Crippen molar-refractivity contribution >= 4 is 16.9 Å². The van der Waals surface area contributed by atoms with Gasteiger partial charge in [0.1, 0.15) is 5.82 Å². The first-order chi connectivity index (χ1) is 13.1. The van der Waals surface area contributed by atoms with Crippen molar-refractivity contribution in [3.05, 3.63) is 48.5 Å². The van der Waals surface area contributed by atoms with Gasteiger partial charge in [-0.15, -0.1) is 0 Å². The number of carbonyl (C=O) groups excluding carboxylic acids is 1. The topological polar surface area (TPSA) is 80.0 Å². The molecule has 0 bridgehead atoms. The summed E-state index contributed by atoms with van der Waals surface area (Å²) < 4.78 is 15.7. The highest BCUT2D eigenvalue weighted by Gasteiger charge is 2.25. The van der Waals surface area contributed by atoms with E-state index in [2.05, 4.69) is 15.3 Å². The number of carbonyl (C=O) groups is 1. The normalized spacial score (nSPS) is 20.1. The molecular formula is C20H21FN4O2. The van der Waals surface area contributed by atoms with Crippen molar-refractivity contribution in [2.45, 2.75) is 38.0 Å². The lowest BCUT2D eigenvalue weighted by atomic mass is 9.97. The van der Waals surface area contributed by atoms with Crippen LogP contribution >= 0.6 is 0 Å². The third kappa shape index (κ3) is 3.74. The highest BCUT2D eigenvalue weighted by molar-refractivity contribution is 5.82. The molecule has 27 heavy (non-hydrogen) atoms. The lowest BCUT2D eigenvalue weighted by Crippen LogP contribution is -2.46. The number of aliphatic hydroxyl groups excluding tert-OH is 1. The standard InChI is InChI=1S/C20H21FN4O2/c21-15-5-2-1-4-14(15)16-7-8-18-20(24-16)23-12-25(18)11-13(26)10-17-19(27)6-3-9-22-17/h1-2,4-5,7-8,12,17,19,22,27H,3,6,9-11H2/t17-,19+/m1/s1. The second-order valence-corrected chi connectivity index (χ2v) is 6.90. The Labute approximate surface area is 156 Å². The Morgan fingerprint density at radius 1 is 1.30 bits per heavy atom. The SMILES string of the molecule is O=C(C[C@H]1NCCC[C@@H]1O)Cn1cnc2nc(-c3ccccc3F)ccc21. The number of aliphatic hydroxyl groups is 1. The number of piperidine rings is 1. The summed E-state index contributed by atoms with van der Waals surface area (Å²) in [5.74, 6) is -0.316. The fraction of sp³-hybridized carbons (Fsp3) is 0.350. The largest absolute Gasteiger partial charge is 0.391 e. The molecule has 0 spiro atoms. The molecular weight excluding hydrogens is 347 g/mol. The fourth-order valence-electron chi connectivity index (χ4n) is 3.54. The Bertz CT molecular complexity index is 972. The summed E-state index contributed by atoms with van der Waals surface area (Å²) in [4.78, 5) is 21.1. The number of nitrogens with zero attached hydrogens (tertiary/aromatic N) is 3. The number of hydrogen-bond acceptors (Lipinski definition) is 5. The second-order valence-electron chi connectivity index (χ2n) is 6.90. The smallest absolute Gasteiger partial charge is 0.178 e. The Morgan fingerprint density at radius 3 is 2.96 bits per heavy atom. The van der Waals surface area contributed by atoms with E-state index in [0.29, 0.717) is 16.9 Å². The Morgan fingerprint density at radius 2 is 2.15 bits per heavy atom. The minimum Gasteiger partial charge on any atom is -0.391 e. The van der Waals surface area contributed by atoms with Gasteiger partial charge in [-0.2, -0.15) is 0 Å². The lowest BCUT2D eigenvalue weighted by molar-refractivity contribution is -0.121. The van der Waals surface area contributed by atoms with Crippen LogP contribution in [0.2, 0.25) is 0 Å². The van der Waals surface area contributed by atoms with Gasteiger partial charge in [0.2, 0.25) is 0 Å². The van der Waals surface area contributed by atoms with E-state index >= 15 is 0 Å². The molecule has 0 saturated carbocycles. The molecule has 3 aromatic rings. The number of aromatic nitrogens is 3. The molecule has 0 unspecified atom stereocenters. The maximum atomic E-state index is 14.0. The molecule has 0 radical (unpaired) electrons. The van der Waals surface area contributed by atoms with Crippen LogP contribution in [0.1, 0.15) is 19.3 Å². The van der Waals surface area contributed by atoms with Crippen molar-refractivity contribution in [1.29, 1.82) is 0 Å². The monoisotopic (exact) mass is 368 g/mol. The second kappa shape index (κ2) is 7.54. The highest BCUT2D eigenvalue weighted by Crippen LogP contribution is 2.23. The van der Waals surface area contributed by atoms with E-state index in [-0.39, 0.29) is 30.6 Å². The average Bonchev–Trinajstić information content (AvgIpc) is 3.06. The number of Topliss-reactive ketones (excluding diaryl/α,β-unsaturated/α-hetero) is 1. The van der Waals surface area contributed by atoms with Gasteiger partial charge in [0.05, 0.1) is 30.2 Å². The molecule has 3 heterocycles. The van der Waals surface area contributed by atoms with E-state index in [9.17, 15) is 14.3 Å². The first-order valence-corrected chi connectivity index (χ1v) is 9.12. The molecule has 6 nitrogen and oxygen atoms in total. The van der Waals surface area contributed by atoms with Crippen LogP contribution in [0.4, 0.5) is 4.39 Å². The number of fused-ring (bicyclic) bond motifs is 1. The van der Waals surface area contributed by atoms with Crippen molar-refractivity contribution in [2.75, 3.05) is 6.54 Å². The van der Waals surface area contributed by atoms with E-state index in [1.165, 1.54) is 6.07 Å². The number of hydrogen-bond donors (Lipinski definition) is 2. The van der Waals surface area contributed by atoms with E-state index in [0.717, 1.165) is 24.9 Å². The summed E-state index contributed by atoms with van der Waals surface area (Å²) in [5, 5.41) is 13.2. The zero-order valence-corrected chi connectivity index (χ0v) is 14.8. The quantitative estimate of drug-likeness (QED) is 0.722. The zero-order chi connectivity index (χ0) is 18.8. The van der Waals surface area contributed by atoms with Crippen molar-refractivity contribution in [1.82, 2.24) is 19.9 Å².